The van der Waals surface area contributed by atoms with Gasteiger partial charge >= 0.3 is 0 Å². The van der Waals surface area contributed by atoms with Gasteiger partial charge in [0.15, 0.2) is 11.5 Å². The van der Waals surface area contributed by atoms with Crippen molar-refractivity contribution in [2.45, 2.75) is 12.7 Å². The molecular weight excluding hydrogens is 388 g/mol. The number of para-hydroxylation sites is 1. The minimum Gasteiger partial charge on any atom is -0.546 e. The predicted octanol–water partition coefficient (Wildman–Crippen LogP) is 2.18. The second-order valence-electron chi connectivity index (χ2n) is 6.68. The van der Waals surface area contributed by atoms with Crippen LogP contribution in [0.25, 0.3) is 0 Å². The van der Waals surface area contributed by atoms with Crippen LogP contribution in [-0.4, -0.2) is 30.5 Å². The highest BCUT2D eigenvalue weighted by Crippen LogP contribution is 2.37. The summed E-state index contributed by atoms with van der Waals surface area (Å²) in [5.74, 6) is -0.204. The molecule has 2 heterocycles. The number of nitrogens with one attached hydrogen (secondary N) is 1. The van der Waals surface area contributed by atoms with Gasteiger partial charge in [-0.05, 0) is 42.0 Å². The molecule has 1 aliphatic heterocycles. The summed E-state index contributed by atoms with van der Waals surface area (Å²) in [5, 5.41) is 14.1. The summed E-state index contributed by atoms with van der Waals surface area (Å²) in [6, 6.07) is 15.9. The Hall–Kier alpha value is -3.94. The largest absolute Gasteiger partial charge is 0.546 e. The van der Waals surface area contributed by atoms with Gasteiger partial charge in [0, 0.05) is 5.69 Å². The van der Waals surface area contributed by atoms with Crippen LogP contribution in [0.4, 0.5) is 5.69 Å². The van der Waals surface area contributed by atoms with Gasteiger partial charge in [-0.3, -0.25) is 4.79 Å². The van der Waals surface area contributed by atoms with Crippen LogP contribution < -0.4 is 19.9 Å². The minimum atomic E-state index is -1.33. The molecule has 0 unspecified atom stereocenters. The average molecular weight is 407 g/mol. The summed E-state index contributed by atoms with van der Waals surface area (Å²) in [6.45, 7) is -0.322. The first-order valence-electron chi connectivity index (χ1n) is 9.26. The van der Waals surface area contributed by atoms with E-state index in [4.69, 9.17) is 13.9 Å². The number of benzene rings is 2. The van der Waals surface area contributed by atoms with E-state index in [-0.39, 0.29) is 18.2 Å². The van der Waals surface area contributed by atoms with E-state index in [0.717, 1.165) is 11.3 Å². The van der Waals surface area contributed by atoms with Gasteiger partial charge in [-0.1, -0.05) is 18.2 Å². The molecule has 0 radical (unpaired) electrons. The molecule has 2 aromatic carbocycles. The summed E-state index contributed by atoms with van der Waals surface area (Å²) in [5.41, 5.74) is 2.03. The van der Waals surface area contributed by atoms with Crippen LogP contribution in [-0.2, 0) is 11.3 Å². The number of carboxylic acids is 1. The van der Waals surface area contributed by atoms with Crippen LogP contribution >= 0.6 is 0 Å². The van der Waals surface area contributed by atoms with Crippen LogP contribution in [0.1, 0.15) is 27.8 Å². The summed E-state index contributed by atoms with van der Waals surface area (Å²) in [6.07, 6.45) is 1.06. The molecule has 8 nitrogen and oxygen atoms in total. The highest BCUT2D eigenvalue weighted by Gasteiger charge is 2.33. The number of furan rings is 1. The fourth-order valence-electron chi connectivity index (χ4n) is 3.40. The lowest BCUT2D eigenvalue weighted by molar-refractivity contribution is -0.307. The zero-order valence-electron chi connectivity index (χ0n) is 16.2. The number of hydrogen-bond donors (Lipinski definition) is 1. The van der Waals surface area contributed by atoms with E-state index in [1.165, 1.54) is 7.11 Å². The normalized spacial score (nSPS) is 15.3. The third kappa shape index (κ3) is 3.80. The lowest BCUT2D eigenvalue weighted by Crippen LogP contribution is -2.42. The smallest absolute Gasteiger partial charge is 0.258 e. The van der Waals surface area contributed by atoms with E-state index in [9.17, 15) is 14.7 Å². The Bertz CT molecular complexity index is 1060. The van der Waals surface area contributed by atoms with Crippen molar-refractivity contribution in [1.82, 2.24) is 4.90 Å². The van der Waals surface area contributed by atoms with Crippen LogP contribution in [0.15, 0.2) is 65.3 Å². The molecule has 1 amide bonds. The van der Waals surface area contributed by atoms with E-state index >= 15 is 0 Å². The number of aliphatic carboxylic acids is 1. The lowest BCUT2D eigenvalue weighted by atomic mass is 10.0. The minimum absolute atomic E-state index is 0.137. The SMILES string of the molecule is COc1cc([C@H]2Nc3ccccc3C(=O)N2Cc2ccco2)ccc1OCC(=O)[O-]. The second-order valence-corrected chi connectivity index (χ2v) is 6.68. The number of fused-ring (bicyclic) bond motifs is 1. The highest BCUT2D eigenvalue weighted by molar-refractivity contribution is 6.01. The summed E-state index contributed by atoms with van der Waals surface area (Å²) in [4.78, 5) is 25.6. The molecule has 154 valence electrons. The van der Waals surface area contributed by atoms with E-state index in [1.807, 2.05) is 24.3 Å². The van der Waals surface area contributed by atoms with Crippen molar-refractivity contribution in [3.8, 4) is 11.5 Å². The molecule has 1 N–H and O–H groups in total. The number of anilines is 1. The Balaban J connectivity index is 1.71. The number of carboxylic acid groups (broad SMARTS) is 1. The standard InChI is InChI=1S/C22H20N2O6/c1-28-19-11-14(8-9-18(19)30-13-20(25)26)21-23-17-7-3-2-6-16(17)22(27)24(21)12-15-5-4-10-29-15/h2-11,21,23H,12-13H2,1H3,(H,25,26)/p-1/t21-/m0/s1. The van der Waals surface area contributed by atoms with Crippen LogP contribution in [0.3, 0.4) is 0 Å². The molecular formula is C22H19N2O6-. The maximum Gasteiger partial charge on any atom is 0.258 e. The average Bonchev–Trinajstić information content (AvgIpc) is 3.27. The molecule has 0 saturated heterocycles. The summed E-state index contributed by atoms with van der Waals surface area (Å²) >= 11 is 0. The number of hydrogen-bond acceptors (Lipinski definition) is 7. The Kier molecular flexibility index (Phi) is 5.30. The van der Waals surface area contributed by atoms with Crippen molar-refractivity contribution >= 4 is 17.6 Å². The molecule has 8 heteroatoms. The van der Waals surface area contributed by atoms with Gasteiger partial charge < -0.3 is 34.0 Å². The summed E-state index contributed by atoms with van der Waals surface area (Å²) < 4.78 is 16.0. The lowest BCUT2D eigenvalue weighted by Gasteiger charge is -2.37. The quantitative estimate of drug-likeness (QED) is 0.640. The fraction of sp³-hybridized carbons (Fsp3) is 0.182. The van der Waals surface area contributed by atoms with Crippen LogP contribution in [0, 0.1) is 0 Å². The monoisotopic (exact) mass is 407 g/mol. The van der Waals surface area contributed by atoms with E-state index in [1.54, 1.807) is 41.5 Å². The number of ether oxygens (including phenoxy) is 2. The van der Waals surface area contributed by atoms with Gasteiger partial charge in [-0.15, -0.1) is 0 Å². The predicted molar refractivity (Wildman–Crippen MR) is 105 cm³/mol. The number of carbonyl (C=O) groups excluding carboxylic acids is 2. The number of carbonyl (C=O) groups is 2. The second kappa shape index (κ2) is 8.20. The molecule has 0 spiro atoms. The first kappa shape index (κ1) is 19.4. The van der Waals surface area contributed by atoms with Gasteiger partial charge in [0.25, 0.3) is 5.91 Å². The molecule has 30 heavy (non-hydrogen) atoms. The van der Waals surface area contributed by atoms with Crippen molar-refractivity contribution in [1.29, 1.82) is 0 Å². The van der Waals surface area contributed by atoms with E-state index in [2.05, 4.69) is 5.32 Å². The molecule has 0 aliphatic carbocycles. The molecule has 0 fully saturated rings. The summed E-state index contributed by atoms with van der Waals surface area (Å²) in [7, 11) is 1.46. The zero-order valence-corrected chi connectivity index (χ0v) is 16.2. The van der Waals surface area contributed by atoms with Crippen LogP contribution in [0.5, 0.6) is 11.5 Å². The van der Waals surface area contributed by atoms with Crippen molar-refractivity contribution < 1.29 is 28.6 Å². The number of methoxy groups -OCH3 is 1. The van der Waals surface area contributed by atoms with Gasteiger partial charge in [-0.2, -0.15) is 0 Å². The first-order chi connectivity index (χ1) is 14.6. The number of rotatable bonds is 7. The molecule has 1 atom stereocenters. The molecule has 0 bridgehead atoms. The molecule has 0 saturated carbocycles. The van der Waals surface area contributed by atoms with Gasteiger partial charge in [0.1, 0.15) is 18.5 Å². The number of amides is 1. The molecule has 4 rings (SSSR count). The van der Waals surface area contributed by atoms with Crippen molar-refractivity contribution in [3.63, 3.8) is 0 Å². The fourth-order valence-corrected chi connectivity index (χ4v) is 3.40. The molecule has 3 aromatic rings. The third-order valence-electron chi connectivity index (χ3n) is 4.78. The Morgan fingerprint density at radius 3 is 2.73 bits per heavy atom. The number of nitrogens with zero attached hydrogens (tertiary/aromatic N) is 1. The van der Waals surface area contributed by atoms with E-state index in [0.29, 0.717) is 17.1 Å². The van der Waals surface area contributed by atoms with Gasteiger partial charge in [0.05, 0.1) is 31.5 Å². The zero-order chi connectivity index (χ0) is 21.1. The van der Waals surface area contributed by atoms with Crippen molar-refractivity contribution in [3.05, 3.63) is 77.7 Å². The third-order valence-corrected chi connectivity index (χ3v) is 4.78. The molecule has 1 aliphatic rings. The van der Waals surface area contributed by atoms with Crippen molar-refractivity contribution in [2.24, 2.45) is 0 Å². The maximum absolute atomic E-state index is 13.2. The Morgan fingerprint density at radius 2 is 2.00 bits per heavy atom. The topological polar surface area (TPSA) is 104 Å². The van der Waals surface area contributed by atoms with Gasteiger partial charge in [0.2, 0.25) is 0 Å². The van der Waals surface area contributed by atoms with E-state index < -0.39 is 18.7 Å². The van der Waals surface area contributed by atoms with Crippen LogP contribution in [0.2, 0.25) is 0 Å². The Labute approximate surface area is 172 Å². The highest BCUT2D eigenvalue weighted by atomic mass is 16.5. The van der Waals surface area contributed by atoms with Gasteiger partial charge in [-0.25, -0.2) is 0 Å². The first-order valence-corrected chi connectivity index (χ1v) is 9.26. The Morgan fingerprint density at radius 1 is 1.17 bits per heavy atom. The maximum atomic E-state index is 13.2. The van der Waals surface area contributed by atoms with Crippen molar-refractivity contribution in [2.75, 3.05) is 19.0 Å². The molecule has 1 aromatic heterocycles.